The van der Waals surface area contributed by atoms with Gasteiger partial charge in [-0.1, -0.05) is 29.8 Å². The third-order valence-corrected chi connectivity index (χ3v) is 4.89. The zero-order valence-electron chi connectivity index (χ0n) is 12.3. The molecule has 110 valence electrons. The second kappa shape index (κ2) is 5.80. The van der Waals surface area contributed by atoms with E-state index in [1.807, 2.05) is 13.0 Å². The van der Waals surface area contributed by atoms with Gasteiger partial charge in [-0.2, -0.15) is 0 Å². The molecule has 0 radical (unpaired) electrons. The van der Waals surface area contributed by atoms with E-state index >= 15 is 0 Å². The normalized spacial score (nSPS) is 21.0. The third-order valence-electron chi connectivity index (χ3n) is 4.28. The summed E-state index contributed by atoms with van der Waals surface area (Å²) in [5.41, 5.74) is 4.71. The average molecular weight is 348 g/mol. The fraction of sp³-hybridized carbons (Fsp3) is 0.333. The minimum Gasteiger partial charge on any atom is -0.382 e. The van der Waals surface area contributed by atoms with Crippen LogP contribution in [-0.4, -0.2) is 6.04 Å². The molecule has 0 heterocycles. The molecule has 0 saturated heterocycles. The van der Waals surface area contributed by atoms with Crippen molar-refractivity contribution in [3.8, 4) is 0 Å². The van der Waals surface area contributed by atoms with Crippen LogP contribution in [0.1, 0.15) is 35.4 Å². The standard InChI is InChI=1S/C18H19BrFN/c1-11-4-3-5-13(6-11)14-8-15(9-14)21-18-10-17(20)16(19)7-12(18)2/h3-7,10,14-15,21H,8-9H2,1-2H3. The number of nitrogens with one attached hydrogen (secondary N) is 1. The maximum atomic E-state index is 13.6. The first-order valence-corrected chi connectivity index (χ1v) is 8.11. The highest BCUT2D eigenvalue weighted by atomic mass is 79.9. The van der Waals surface area contributed by atoms with Gasteiger partial charge in [0.2, 0.25) is 0 Å². The molecule has 21 heavy (non-hydrogen) atoms. The summed E-state index contributed by atoms with van der Waals surface area (Å²) in [6.07, 6.45) is 2.22. The van der Waals surface area contributed by atoms with Crippen molar-refractivity contribution in [3.63, 3.8) is 0 Å². The molecule has 1 aliphatic carbocycles. The van der Waals surface area contributed by atoms with Gasteiger partial charge in [-0.15, -0.1) is 0 Å². The van der Waals surface area contributed by atoms with Crippen LogP contribution in [0.5, 0.6) is 0 Å². The maximum absolute atomic E-state index is 13.6. The molecule has 0 unspecified atom stereocenters. The van der Waals surface area contributed by atoms with Gasteiger partial charge in [0.25, 0.3) is 0 Å². The van der Waals surface area contributed by atoms with Gasteiger partial charge in [-0.25, -0.2) is 4.39 Å². The summed E-state index contributed by atoms with van der Waals surface area (Å²) in [7, 11) is 0. The summed E-state index contributed by atoms with van der Waals surface area (Å²) in [6, 6.07) is 12.6. The van der Waals surface area contributed by atoms with E-state index in [1.165, 1.54) is 11.1 Å². The second-order valence-electron chi connectivity index (χ2n) is 6.00. The quantitative estimate of drug-likeness (QED) is 0.765. The first kappa shape index (κ1) is 14.6. The molecule has 1 fully saturated rings. The van der Waals surface area contributed by atoms with Gasteiger partial charge in [-0.05, 0) is 71.8 Å². The van der Waals surface area contributed by atoms with Crippen molar-refractivity contribution < 1.29 is 4.39 Å². The zero-order valence-corrected chi connectivity index (χ0v) is 13.9. The van der Waals surface area contributed by atoms with E-state index in [0.29, 0.717) is 16.4 Å². The predicted octanol–water partition coefficient (Wildman–Crippen LogP) is 5.56. The second-order valence-corrected chi connectivity index (χ2v) is 6.86. The van der Waals surface area contributed by atoms with Gasteiger partial charge in [-0.3, -0.25) is 0 Å². The Hall–Kier alpha value is -1.35. The molecule has 1 aliphatic rings. The molecule has 2 aromatic carbocycles. The fourth-order valence-electron chi connectivity index (χ4n) is 2.95. The van der Waals surface area contributed by atoms with Gasteiger partial charge in [0.15, 0.2) is 0 Å². The molecular formula is C18H19BrFN. The summed E-state index contributed by atoms with van der Waals surface area (Å²) >= 11 is 3.22. The van der Waals surface area contributed by atoms with E-state index in [1.54, 1.807) is 6.07 Å². The lowest BCUT2D eigenvalue weighted by molar-refractivity contribution is 0.374. The zero-order chi connectivity index (χ0) is 15.0. The van der Waals surface area contributed by atoms with Crippen LogP contribution in [0, 0.1) is 19.7 Å². The Morgan fingerprint density at radius 3 is 2.62 bits per heavy atom. The van der Waals surface area contributed by atoms with Crippen LogP contribution in [0.2, 0.25) is 0 Å². The van der Waals surface area contributed by atoms with Gasteiger partial charge >= 0.3 is 0 Å². The molecule has 1 N–H and O–H groups in total. The summed E-state index contributed by atoms with van der Waals surface area (Å²) < 4.78 is 14.2. The highest BCUT2D eigenvalue weighted by molar-refractivity contribution is 9.10. The van der Waals surface area contributed by atoms with Crippen LogP contribution in [-0.2, 0) is 0 Å². The van der Waals surface area contributed by atoms with Crippen LogP contribution in [0.25, 0.3) is 0 Å². The Bertz CT molecular complexity index is 662. The lowest BCUT2D eigenvalue weighted by Crippen LogP contribution is -2.34. The molecule has 1 saturated carbocycles. The smallest absolute Gasteiger partial charge is 0.139 e. The van der Waals surface area contributed by atoms with Gasteiger partial charge in [0, 0.05) is 11.7 Å². The van der Waals surface area contributed by atoms with Crippen molar-refractivity contribution in [1.29, 1.82) is 0 Å². The van der Waals surface area contributed by atoms with E-state index in [4.69, 9.17) is 0 Å². The van der Waals surface area contributed by atoms with E-state index in [9.17, 15) is 4.39 Å². The predicted molar refractivity (Wildman–Crippen MR) is 89.4 cm³/mol. The molecule has 0 bridgehead atoms. The molecule has 3 rings (SSSR count). The third kappa shape index (κ3) is 3.13. The van der Waals surface area contributed by atoms with Gasteiger partial charge in [0.05, 0.1) is 4.47 Å². The number of aryl methyl sites for hydroxylation is 2. The number of rotatable bonds is 3. The Balaban J connectivity index is 1.64. The minimum atomic E-state index is -0.211. The summed E-state index contributed by atoms with van der Waals surface area (Å²) in [4.78, 5) is 0. The number of benzene rings is 2. The van der Waals surface area contributed by atoms with E-state index in [-0.39, 0.29) is 5.82 Å². The Morgan fingerprint density at radius 2 is 1.90 bits per heavy atom. The lowest BCUT2D eigenvalue weighted by atomic mass is 9.75. The first-order valence-electron chi connectivity index (χ1n) is 7.31. The topological polar surface area (TPSA) is 12.0 Å². The van der Waals surface area contributed by atoms with Crippen molar-refractivity contribution in [2.24, 2.45) is 0 Å². The summed E-state index contributed by atoms with van der Waals surface area (Å²) in [5.74, 6) is 0.417. The number of hydrogen-bond acceptors (Lipinski definition) is 1. The molecule has 2 aromatic rings. The number of anilines is 1. The highest BCUT2D eigenvalue weighted by Gasteiger charge is 2.30. The Morgan fingerprint density at radius 1 is 1.14 bits per heavy atom. The van der Waals surface area contributed by atoms with Crippen molar-refractivity contribution in [3.05, 3.63) is 63.4 Å². The lowest BCUT2D eigenvalue weighted by Gasteiger charge is -2.37. The van der Waals surface area contributed by atoms with Gasteiger partial charge < -0.3 is 5.32 Å². The minimum absolute atomic E-state index is 0.211. The van der Waals surface area contributed by atoms with Crippen LogP contribution in [0.15, 0.2) is 40.9 Å². The number of hydrogen-bond donors (Lipinski definition) is 1. The Labute approximate surface area is 133 Å². The SMILES string of the molecule is Cc1cccc(C2CC(Nc3cc(F)c(Br)cc3C)C2)c1. The first-order chi connectivity index (χ1) is 10.0. The molecule has 0 aliphatic heterocycles. The van der Waals surface area contributed by atoms with Crippen LogP contribution < -0.4 is 5.32 Å². The largest absolute Gasteiger partial charge is 0.382 e. The maximum Gasteiger partial charge on any atom is 0.139 e. The highest BCUT2D eigenvalue weighted by Crippen LogP contribution is 2.39. The molecule has 0 atom stereocenters. The van der Waals surface area contributed by atoms with Crippen LogP contribution >= 0.6 is 15.9 Å². The van der Waals surface area contributed by atoms with Crippen LogP contribution in [0.3, 0.4) is 0 Å². The van der Waals surface area contributed by atoms with E-state index < -0.39 is 0 Å². The van der Waals surface area contributed by atoms with Crippen LogP contribution in [0.4, 0.5) is 10.1 Å². The molecule has 3 heteroatoms. The molecular weight excluding hydrogens is 329 g/mol. The summed E-state index contributed by atoms with van der Waals surface area (Å²) in [6.45, 7) is 4.13. The molecule has 1 nitrogen and oxygen atoms in total. The van der Waals surface area contributed by atoms with E-state index in [2.05, 4.69) is 52.4 Å². The van der Waals surface area contributed by atoms with Crippen molar-refractivity contribution in [1.82, 2.24) is 0 Å². The summed E-state index contributed by atoms with van der Waals surface area (Å²) in [5, 5.41) is 3.47. The average Bonchev–Trinajstić information content (AvgIpc) is 2.39. The van der Waals surface area contributed by atoms with E-state index in [0.717, 1.165) is 24.1 Å². The number of halogens is 2. The van der Waals surface area contributed by atoms with Gasteiger partial charge in [0.1, 0.15) is 5.82 Å². The molecule has 0 aromatic heterocycles. The Kier molecular flexibility index (Phi) is 4.03. The van der Waals surface area contributed by atoms with Crippen molar-refractivity contribution in [2.75, 3.05) is 5.32 Å². The molecule has 0 amide bonds. The monoisotopic (exact) mass is 347 g/mol. The van der Waals surface area contributed by atoms with Crippen molar-refractivity contribution in [2.45, 2.75) is 38.6 Å². The van der Waals surface area contributed by atoms with Crippen molar-refractivity contribution >= 4 is 21.6 Å². The fourth-order valence-corrected chi connectivity index (χ4v) is 3.41. The molecule has 0 spiro atoms.